The van der Waals surface area contributed by atoms with E-state index in [1.54, 1.807) is 0 Å². The van der Waals surface area contributed by atoms with Crippen molar-refractivity contribution in [1.82, 2.24) is 0 Å². The summed E-state index contributed by atoms with van der Waals surface area (Å²) in [6.45, 7) is 4.43. The molecule has 0 amide bonds. The largest absolute Gasteiger partial charge is 0.343 e. The van der Waals surface area contributed by atoms with Gasteiger partial charge in [0.15, 0.2) is 5.79 Å². The maximum Gasteiger partial charge on any atom is 0.192 e. The van der Waals surface area contributed by atoms with Crippen molar-refractivity contribution in [3.63, 3.8) is 0 Å². The summed E-state index contributed by atoms with van der Waals surface area (Å²) in [6, 6.07) is 10.1. The van der Waals surface area contributed by atoms with Crippen LogP contribution in [0.3, 0.4) is 0 Å². The van der Waals surface area contributed by atoms with Crippen molar-refractivity contribution in [1.29, 1.82) is 5.26 Å². The van der Waals surface area contributed by atoms with Gasteiger partial charge in [-0.2, -0.15) is 5.26 Å². The molecule has 1 fully saturated rings. The fourth-order valence-electron chi connectivity index (χ4n) is 2.06. The van der Waals surface area contributed by atoms with Gasteiger partial charge < -0.3 is 9.47 Å². The van der Waals surface area contributed by atoms with Crippen molar-refractivity contribution in [2.24, 2.45) is 0 Å². The van der Waals surface area contributed by atoms with E-state index in [9.17, 15) is 0 Å². The highest BCUT2D eigenvalue weighted by Gasteiger charge is 2.39. The summed E-state index contributed by atoms with van der Waals surface area (Å²) in [6.07, 6.45) is 0.260. The minimum atomic E-state index is -0.702. The Morgan fingerprint density at radius 2 is 2.25 bits per heavy atom. The second-order valence-corrected chi connectivity index (χ2v) is 4.17. The van der Waals surface area contributed by atoms with Gasteiger partial charge in [-0.15, -0.1) is 0 Å². The van der Waals surface area contributed by atoms with Crippen molar-refractivity contribution in [2.75, 3.05) is 6.61 Å². The van der Waals surface area contributed by atoms with Gasteiger partial charge in [0.1, 0.15) is 0 Å². The second kappa shape index (κ2) is 4.25. The summed E-state index contributed by atoms with van der Waals surface area (Å²) in [5, 5.41) is 8.64. The third kappa shape index (κ3) is 1.95. The normalized spacial score (nSPS) is 28.9. The maximum atomic E-state index is 8.64. The third-order valence-corrected chi connectivity index (χ3v) is 2.89. The quantitative estimate of drug-likeness (QED) is 0.764. The van der Waals surface area contributed by atoms with Gasteiger partial charge in [-0.05, 0) is 19.4 Å². The van der Waals surface area contributed by atoms with E-state index in [0.717, 1.165) is 11.1 Å². The number of nitriles is 1. The molecule has 0 bridgehead atoms. The Labute approximate surface area is 95.6 Å². The Kier molecular flexibility index (Phi) is 2.95. The molecule has 2 rings (SSSR count). The van der Waals surface area contributed by atoms with Crippen LogP contribution in [0.25, 0.3) is 0 Å². The van der Waals surface area contributed by atoms with Gasteiger partial charge in [0.05, 0.1) is 25.2 Å². The van der Waals surface area contributed by atoms with Crippen LogP contribution in [0.15, 0.2) is 24.3 Å². The summed E-state index contributed by atoms with van der Waals surface area (Å²) in [5.74, 6) is -0.702. The van der Waals surface area contributed by atoms with Gasteiger partial charge in [-0.3, -0.25) is 0 Å². The number of aryl methyl sites for hydroxylation is 1. The van der Waals surface area contributed by atoms with E-state index in [2.05, 4.69) is 6.07 Å². The van der Waals surface area contributed by atoms with Crippen LogP contribution in [0.4, 0.5) is 0 Å². The highest BCUT2D eigenvalue weighted by molar-refractivity contribution is 5.29. The van der Waals surface area contributed by atoms with Gasteiger partial charge >= 0.3 is 0 Å². The van der Waals surface area contributed by atoms with Crippen LogP contribution in [-0.2, 0) is 15.3 Å². The monoisotopic (exact) mass is 217 g/mol. The molecule has 3 nitrogen and oxygen atoms in total. The van der Waals surface area contributed by atoms with Crippen molar-refractivity contribution >= 4 is 0 Å². The Bertz CT molecular complexity index is 424. The Morgan fingerprint density at radius 3 is 2.94 bits per heavy atom. The number of rotatable bonds is 2. The van der Waals surface area contributed by atoms with Crippen LogP contribution in [0.1, 0.15) is 24.5 Å². The highest BCUT2D eigenvalue weighted by atomic mass is 16.7. The lowest BCUT2D eigenvalue weighted by Crippen LogP contribution is -2.24. The number of hydrogen-bond acceptors (Lipinski definition) is 3. The van der Waals surface area contributed by atoms with E-state index < -0.39 is 5.79 Å². The number of benzene rings is 1. The smallest absolute Gasteiger partial charge is 0.192 e. The first-order chi connectivity index (χ1) is 7.65. The van der Waals surface area contributed by atoms with E-state index in [0.29, 0.717) is 13.0 Å². The molecule has 2 atom stereocenters. The van der Waals surface area contributed by atoms with Crippen molar-refractivity contribution in [2.45, 2.75) is 32.2 Å². The zero-order valence-electron chi connectivity index (χ0n) is 9.56. The molecule has 1 aliphatic heterocycles. The molecule has 16 heavy (non-hydrogen) atoms. The maximum absolute atomic E-state index is 8.64. The first-order valence-corrected chi connectivity index (χ1v) is 5.40. The van der Waals surface area contributed by atoms with Crippen LogP contribution in [0, 0.1) is 18.3 Å². The van der Waals surface area contributed by atoms with E-state index in [-0.39, 0.29) is 6.10 Å². The lowest BCUT2D eigenvalue weighted by atomic mass is 10.0. The highest BCUT2D eigenvalue weighted by Crippen LogP contribution is 2.36. The van der Waals surface area contributed by atoms with E-state index in [1.807, 2.05) is 38.1 Å². The molecular weight excluding hydrogens is 202 g/mol. The summed E-state index contributed by atoms with van der Waals surface area (Å²) in [7, 11) is 0. The van der Waals surface area contributed by atoms with Gasteiger partial charge in [0, 0.05) is 5.56 Å². The summed E-state index contributed by atoms with van der Waals surface area (Å²) >= 11 is 0. The summed E-state index contributed by atoms with van der Waals surface area (Å²) in [4.78, 5) is 0. The molecule has 1 heterocycles. The molecule has 0 spiro atoms. The number of ether oxygens (including phenoxy) is 2. The second-order valence-electron chi connectivity index (χ2n) is 4.17. The lowest BCUT2D eigenvalue weighted by molar-refractivity contribution is -0.161. The molecule has 0 aromatic heterocycles. The molecule has 1 saturated heterocycles. The molecular formula is C13H15NO2. The first-order valence-electron chi connectivity index (χ1n) is 5.40. The van der Waals surface area contributed by atoms with E-state index in [1.165, 1.54) is 0 Å². The van der Waals surface area contributed by atoms with E-state index >= 15 is 0 Å². The van der Waals surface area contributed by atoms with Gasteiger partial charge in [0.2, 0.25) is 0 Å². The van der Waals surface area contributed by atoms with Crippen molar-refractivity contribution in [3.05, 3.63) is 35.4 Å². The average molecular weight is 217 g/mol. The Balaban J connectivity index is 2.22. The molecule has 84 valence electrons. The molecule has 0 radical (unpaired) electrons. The van der Waals surface area contributed by atoms with Crippen LogP contribution in [0.2, 0.25) is 0 Å². The van der Waals surface area contributed by atoms with E-state index in [4.69, 9.17) is 14.7 Å². The third-order valence-electron chi connectivity index (χ3n) is 2.89. The topological polar surface area (TPSA) is 42.2 Å². The van der Waals surface area contributed by atoms with Crippen LogP contribution >= 0.6 is 0 Å². The molecule has 1 aliphatic rings. The Morgan fingerprint density at radius 1 is 1.50 bits per heavy atom. The molecule has 1 aromatic rings. The first kappa shape index (κ1) is 11.1. The van der Waals surface area contributed by atoms with Crippen LogP contribution in [0.5, 0.6) is 0 Å². The zero-order chi connectivity index (χ0) is 11.6. The fraction of sp³-hybridized carbons (Fsp3) is 0.462. The molecule has 2 unspecified atom stereocenters. The molecule has 1 aromatic carbocycles. The lowest BCUT2D eigenvalue weighted by Gasteiger charge is -2.25. The van der Waals surface area contributed by atoms with Crippen LogP contribution < -0.4 is 0 Å². The van der Waals surface area contributed by atoms with Crippen molar-refractivity contribution in [3.8, 4) is 6.07 Å². The molecule has 3 heteroatoms. The summed E-state index contributed by atoms with van der Waals surface area (Å²) < 4.78 is 11.5. The molecule has 0 N–H and O–H groups in total. The number of hydrogen-bond donors (Lipinski definition) is 0. The van der Waals surface area contributed by atoms with Gasteiger partial charge in [-0.1, -0.05) is 24.3 Å². The van der Waals surface area contributed by atoms with Crippen molar-refractivity contribution < 1.29 is 9.47 Å². The predicted molar refractivity (Wildman–Crippen MR) is 59.6 cm³/mol. The minimum Gasteiger partial charge on any atom is -0.343 e. The fourth-order valence-corrected chi connectivity index (χ4v) is 2.06. The summed E-state index contributed by atoms with van der Waals surface area (Å²) in [5.41, 5.74) is 2.18. The SMILES string of the molecule is Cc1ccccc1C1(C)OCC(CC#N)O1. The minimum absolute atomic E-state index is 0.116. The molecule has 0 aliphatic carbocycles. The zero-order valence-corrected chi connectivity index (χ0v) is 9.56. The van der Waals surface area contributed by atoms with Gasteiger partial charge in [-0.25, -0.2) is 0 Å². The average Bonchev–Trinajstić information content (AvgIpc) is 2.62. The molecule has 0 saturated carbocycles. The predicted octanol–water partition coefficient (Wildman–Crippen LogP) is 2.50. The number of nitrogens with zero attached hydrogens (tertiary/aromatic N) is 1. The Hall–Kier alpha value is -1.37. The standard InChI is InChI=1S/C13H15NO2/c1-10-5-3-4-6-12(10)13(2)15-9-11(16-13)7-8-14/h3-6,11H,7,9H2,1-2H3. The van der Waals surface area contributed by atoms with Gasteiger partial charge in [0.25, 0.3) is 0 Å². The van der Waals surface area contributed by atoms with Crippen LogP contribution in [-0.4, -0.2) is 12.7 Å².